The zero-order chi connectivity index (χ0) is 14.2. The fourth-order valence-electron chi connectivity index (χ4n) is 2.09. The lowest BCUT2D eigenvalue weighted by Gasteiger charge is -2.21. The topological polar surface area (TPSA) is 57.6 Å². The van der Waals surface area contributed by atoms with Gasteiger partial charge in [-0.3, -0.25) is 4.79 Å². The summed E-state index contributed by atoms with van der Waals surface area (Å²) in [6.07, 6.45) is -0.161. The summed E-state index contributed by atoms with van der Waals surface area (Å²) in [5.41, 5.74) is -2.32. The van der Waals surface area contributed by atoms with E-state index in [1.807, 2.05) is 0 Å². The molecule has 2 heterocycles. The normalized spacial score (nSPS) is 24.5. The second-order valence-corrected chi connectivity index (χ2v) is 6.39. The first-order valence-electron chi connectivity index (χ1n) is 5.80. The van der Waals surface area contributed by atoms with Gasteiger partial charge in [0.15, 0.2) is 0 Å². The van der Waals surface area contributed by atoms with E-state index in [1.165, 1.54) is 16.2 Å². The second kappa shape index (κ2) is 5.09. The van der Waals surface area contributed by atoms with Crippen molar-refractivity contribution in [1.82, 2.24) is 4.90 Å². The van der Waals surface area contributed by atoms with Gasteiger partial charge in [0.1, 0.15) is 0 Å². The minimum atomic E-state index is -2.32. The van der Waals surface area contributed by atoms with Crippen molar-refractivity contribution in [1.29, 1.82) is 0 Å². The Morgan fingerprint density at radius 1 is 1.58 bits per heavy atom. The fourth-order valence-corrected chi connectivity index (χ4v) is 3.20. The maximum absolute atomic E-state index is 13.9. The van der Waals surface area contributed by atoms with E-state index in [4.69, 9.17) is 16.7 Å². The number of nitrogens with zero attached hydrogens (tertiary/aromatic N) is 1. The smallest absolute Gasteiger partial charge is 0.343 e. The number of carboxylic acids is 1. The third kappa shape index (κ3) is 2.74. The third-order valence-corrected chi connectivity index (χ3v) is 4.72. The summed E-state index contributed by atoms with van der Waals surface area (Å²) < 4.78 is 14.5. The molecule has 1 N–H and O–H groups in total. The Morgan fingerprint density at radius 2 is 2.26 bits per heavy atom. The van der Waals surface area contributed by atoms with Crippen LogP contribution in [0.5, 0.6) is 0 Å². The molecule has 1 aromatic rings. The van der Waals surface area contributed by atoms with Crippen molar-refractivity contribution >= 4 is 34.8 Å². The molecule has 2 rings (SSSR count). The summed E-state index contributed by atoms with van der Waals surface area (Å²) >= 11 is 7.11. The Morgan fingerprint density at radius 3 is 2.74 bits per heavy atom. The van der Waals surface area contributed by atoms with Crippen LogP contribution >= 0.6 is 22.9 Å². The van der Waals surface area contributed by atoms with Crippen LogP contribution in [-0.4, -0.2) is 40.6 Å². The third-order valence-electron chi connectivity index (χ3n) is 3.31. The van der Waals surface area contributed by atoms with Crippen LogP contribution in [-0.2, 0) is 9.59 Å². The number of hydrogen-bond donors (Lipinski definition) is 1. The van der Waals surface area contributed by atoms with Crippen LogP contribution in [0.1, 0.15) is 24.1 Å². The van der Waals surface area contributed by atoms with Crippen LogP contribution in [0.25, 0.3) is 0 Å². The Hall–Kier alpha value is -1.14. The van der Waals surface area contributed by atoms with Crippen LogP contribution in [0.3, 0.4) is 0 Å². The van der Waals surface area contributed by atoms with Crippen LogP contribution < -0.4 is 0 Å². The number of likely N-dealkylation sites (tertiary alicyclic amines) is 1. The van der Waals surface area contributed by atoms with E-state index in [-0.39, 0.29) is 25.4 Å². The van der Waals surface area contributed by atoms with E-state index in [0.29, 0.717) is 4.34 Å². The number of carboxylic acid groups (broad SMARTS) is 1. The van der Waals surface area contributed by atoms with Gasteiger partial charge in [-0.15, -0.1) is 11.3 Å². The van der Waals surface area contributed by atoms with Crippen molar-refractivity contribution in [2.24, 2.45) is 0 Å². The molecule has 0 radical (unpaired) electrons. The van der Waals surface area contributed by atoms with E-state index in [2.05, 4.69) is 0 Å². The Balaban J connectivity index is 2.07. The number of carbonyl (C=O) groups is 2. The highest BCUT2D eigenvalue weighted by atomic mass is 35.5. The monoisotopic (exact) mass is 305 g/mol. The van der Waals surface area contributed by atoms with Gasteiger partial charge in [0.2, 0.25) is 11.6 Å². The van der Waals surface area contributed by atoms with Gasteiger partial charge in [-0.05, 0) is 19.1 Å². The van der Waals surface area contributed by atoms with E-state index in [0.717, 1.165) is 4.88 Å². The van der Waals surface area contributed by atoms with Gasteiger partial charge >= 0.3 is 5.97 Å². The van der Waals surface area contributed by atoms with Gasteiger partial charge in [-0.1, -0.05) is 11.6 Å². The molecule has 2 atom stereocenters. The number of hydrogen-bond acceptors (Lipinski definition) is 3. The average Bonchev–Trinajstić information content (AvgIpc) is 2.95. The van der Waals surface area contributed by atoms with Gasteiger partial charge < -0.3 is 10.0 Å². The van der Waals surface area contributed by atoms with Crippen molar-refractivity contribution in [2.45, 2.75) is 24.9 Å². The van der Waals surface area contributed by atoms with E-state index >= 15 is 0 Å². The molecule has 4 nitrogen and oxygen atoms in total. The molecule has 104 valence electrons. The molecule has 1 aromatic heterocycles. The van der Waals surface area contributed by atoms with Crippen molar-refractivity contribution in [3.05, 3.63) is 21.3 Å². The van der Waals surface area contributed by atoms with Crippen molar-refractivity contribution in [3.8, 4) is 0 Å². The number of carbonyl (C=O) groups excluding carboxylic acids is 1. The van der Waals surface area contributed by atoms with Crippen molar-refractivity contribution in [2.75, 3.05) is 13.1 Å². The Bertz CT molecular complexity index is 521. The quantitative estimate of drug-likeness (QED) is 0.933. The zero-order valence-corrected chi connectivity index (χ0v) is 11.8. The lowest BCUT2D eigenvalue weighted by Crippen LogP contribution is -2.40. The van der Waals surface area contributed by atoms with Crippen LogP contribution in [0.4, 0.5) is 4.39 Å². The Labute approximate surface area is 118 Å². The molecule has 1 aliphatic rings. The molecular formula is C12H13ClFNO3S. The molecule has 0 spiro atoms. The standard InChI is InChI=1S/C12H13ClFNO3S/c1-7(8-2-3-9(13)19-8)10(16)15-5-4-12(14,6-15)11(17)18/h2-3,7H,4-6H2,1H3,(H,17,18). The molecule has 1 saturated heterocycles. The van der Waals surface area contributed by atoms with E-state index in [1.54, 1.807) is 19.1 Å². The molecule has 1 aliphatic heterocycles. The molecule has 1 fully saturated rings. The van der Waals surface area contributed by atoms with Gasteiger partial charge in [-0.25, -0.2) is 9.18 Å². The molecule has 1 amide bonds. The number of amides is 1. The van der Waals surface area contributed by atoms with E-state index < -0.39 is 17.6 Å². The minimum Gasteiger partial charge on any atom is -0.479 e. The molecule has 2 unspecified atom stereocenters. The largest absolute Gasteiger partial charge is 0.479 e. The number of thiophene rings is 1. The summed E-state index contributed by atoms with van der Waals surface area (Å²) in [6, 6.07) is 3.46. The van der Waals surface area contributed by atoms with Crippen LogP contribution in [0, 0.1) is 0 Å². The SMILES string of the molecule is CC(C(=O)N1CCC(F)(C(=O)O)C1)c1ccc(Cl)s1. The predicted molar refractivity (Wildman–Crippen MR) is 70.4 cm³/mol. The maximum Gasteiger partial charge on any atom is 0.343 e. The summed E-state index contributed by atoms with van der Waals surface area (Å²) in [7, 11) is 0. The van der Waals surface area contributed by atoms with Crippen molar-refractivity contribution < 1.29 is 19.1 Å². The molecule has 0 aromatic carbocycles. The number of halogens is 2. The highest BCUT2D eigenvalue weighted by molar-refractivity contribution is 7.16. The van der Waals surface area contributed by atoms with Gasteiger partial charge in [0.05, 0.1) is 16.8 Å². The maximum atomic E-state index is 13.9. The molecule has 0 saturated carbocycles. The average molecular weight is 306 g/mol. The highest BCUT2D eigenvalue weighted by Gasteiger charge is 2.47. The molecule has 0 bridgehead atoms. The number of alkyl halides is 1. The van der Waals surface area contributed by atoms with Crippen LogP contribution in [0.15, 0.2) is 12.1 Å². The fraction of sp³-hybridized carbons (Fsp3) is 0.500. The molecular weight excluding hydrogens is 293 g/mol. The summed E-state index contributed by atoms with van der Waals surface area (Å²) in [5, 5.41) is 8.80. The summed E-state index contributed by atoms with van der Waals surface area (Å²) in [6.45, 7) is 1.46. The molecule has 7 heteroatoms. The number of rotatable bonds is 3. The van der Waals surface area contributed by atoms with Crippen molar-refractivity contribution in [3.63, 3.8) is 0 Å². The first kappa shape index (κ1) is 14.3. The first-order valence-corrected chi connectivity index (χ1v) is 6.99. The minimum absolute atomic E-state index is 0.130. The van der Waals surface area contributed by atoms with Gasteiger partial charge in [-0.2, -0.15) is 0 Å². The first-order chi connectivity index (χ1) is 8.83. The molecule has 19 heavy (non-hydrogen) atoms. The van der Waals surface area contributed by atoms with Crippen LogP contribution in [0.2, 0.25) is 4.34 Å². The second-order valence-electron chi connectivity index (χ2n) is 4.64. The lowest BCUT2D eigenvalue weighted by atomic mass is 10.1. The lowest BCUT2D eigenvalue weighted by molar-refractivity contribution is -0.150. The van der Waals surface area contributed by atoms with E-state index in [9.17, 15) is 14.0 Å². The van der Waals surface area contributed by atoms with Gasteiger partial charge in [0, 0.05) is 17.8 Å². The molecule has 0 aliphatic carbocycles. The summed E-state index contributed by atoms with van der Waals surface area (Å²) in [5.74, 6) is -2.21. The highest BCUT2D eigenvalue weighted by Crippen LogP contribution is 2.32. The summed E-state index contributed by atoms with van der Waals surface area (Å²) in [4.78, 5) is 25.1. The number of aliphatic carboxylic acids is 1. The van der Waals surface area contributed by atoms with Gasteiger partial charge in [0.25, 0.3) is 0 Å². The zero-order valence-electron chi connectivity index (χ0n) is 10.2. The predicted octanol–water partition coefficient (Wildman–Crippen LogP) is 2.53. The Kier molecular flexibility index (Phi) is 3.82.